The lowest BCUT2D eigenvalue weighted by Gasteiger charge is -2.36. The molecule has 1 aromatic rings. The highest BCUT2D eigenvalue weighted by molar-refractivity contribution is 7.07. The Morgan fingerprint density at radius 3 is 2.62 bits per heavy atom. The van der Waals surface area contributed by atoms with E-state index in [2.05, 4.69) is 38.8 Å². The van der Waals surface area contributed by atoms with Gasteiger partial charge in [0.1, 0.15) is 5.76 Å². The number of hydrogen-bond donors (Lipinski definition) is 1. The molecule has 86 valence electrons. The summed E-state index contributed by atoms with van der Waals surface area (Å²) in [5, 5.41) is 10.8. The van der Waals surface area contributed by atoms with Crippen molar-refractivity contribution in [2.45, 2.75) is 27.7 Å². The van der Waals surface area contributed by atoms with E-state index in [9.17, 15) is 5.11 Å². The largest absolute Gasteiger partial charge is 0.508 e. The van der Waals surface area contributed by atoms with Gasteiger partial charge in [-0.2, -0.15) is 0 Å². The van der Waals surface area contributed by atoms with E-state index in [1.807, 2.05) is 11.6 Å². The average Bonchev–Trinajstić information content (AvgIpc) is 2.45. The Kier molecular flexibility index (Phi) is 2.46. The first-order valence-electron chi connectivity index (χ1n) is 5.38. The van der Waals surface area contributed by atoms with E-state index in [0.29, 0.717) is 5.76 Å². The molecule has 0 aromatic carbocycles. The molecule has 2 nitrogen and oxygen atoms in total. The van der Waals surface area contributed by atoms with Crippen LogP contribution in [0.1, 0.15) is 27.7 Å². The molecule has 2 rings (SSSR count). The molecule has 3 heteroatoms. The summed E-state index contributed by atoms with van der Waals surface area (Å²) in [4.78, 5) is 4.25. The van der Waals surface area contributed by atoms with E-state index in [1.54, 1.807) is 17.4 Å². The highest BCUT2D eigenvalue weighted by Crippen LogP contribution is 2.42. The molecule has 0 bridgehead atoms. The number of nitrogens with zero attached hydrogens (tertiary/aromatic N) is 1. The van der Waals surface area contributed by atoms with E-state index in [0.717, 1.165) is 9.88 Å². The number of aliphatic hydroxyl groups is 1. The van der Waals surface area contributed by atoms with Crippen LogP contribution in [0.5, 0.6) is 0 Å². The number of hydrogen-bond acceptors (Lipinski definition) is 3. The van der Waals surface area contributed by atoms with Crippen LogP contribution in [0.15, 0.2) is 17.3 Å². The zero-order valence-electron chi connectivity index (χ0n) is 10.1. The zero-order chi connectivity index (χ0) is 12.0. The Bertz CT molecular complexity index is 547. The number of thiazole rings is 1. The standard InChI is InChI=1S/C13H17NOS/c1-12(2,3)13(4)6-9(15)5-10-11(7-13)16-8-14-10/h5-8,15H,1-4H3. The van der Waals surface area contributed by atoms with Crippen molar-refractivity contribution in [3.05, 3.63) is 27.2 Å². The van der Waals surface area contributed by atoms with Gasteiger partial charge < -0.3 is 5.11 Å². The number of aromatic nitrogens is 1. The Hall–Kier alpha value is -1.09. The van der Waals surface area contributed by atoms with Crippen LogP contribution in [0.3, 0.4) is 0 Å². The molecule has 0 radical (unpaired) electrons. The monoisotopic (exact) mass is 235 g/mol. The summed E-state index contributed by atoms with van der Waals surface area (Å²) < 4.78 is 1.14. The number of allylic oxidation sites excluding steroid dienone is 2. The van der Waals surface area contributed by atoms with Crippen molar-refractivity contribution in [3.63, 3.8) is 0 Å². The van der Waals surface area contributed by atoms with Crippen molar-refractivity contribution in [1.29, 1.82) is 0 Å². The van der Waals surface area contributed by atoms with Crippen LogP contribution in [0, 0.1) is 10.8 Å². The first-order chi connectivity index (χ1) is 7.32. The molecular formula is C13H17NOS. The average molecular weight is 235 g/mol. The van der Waals surface area contributed by atoms with Crippen LogP contribution < -0.4 is 9.88 Å². The fourth-order valence-corrected chi connectivity index (χ4v) is 2.54. The van der Waals surface area contributed by atoms with Crippen LogP contribution in [0.2, 0.25) is 0 Å². The van der Waals surface area contributed by atoms with E-state index in [1.165, 1.54) is 0 Å². The molecule has 0 spiro atoms. The van der Waals surface area contributed by atoms with Crippen LogP contribution in [-0.4, -0.2) is 10.1 Å². The van der Waals surface area contributed by atoms with E-state index in [4.69, 9.17) is 0 Å². The van der Waals surface area contributed by atoms with Crippen molar-refractivity contribution in [2.75, 3.05) is 0 Å². The quantitative estimate of drug-likeness (QED) is 0.748. The minimum absolute atomic E-state index is 0.0560. The molecule has 0 saturated heterocycles. The summed E-state index contributed by atoms with van der Waals surface area (Å²) in [6.07, 6.45) is 5.86. The van der Waals surface area contributed by atoms with Crippen molar-refractivity contribution in [1.82, 2.24) is 4.98 Å². The lowest BCUT2D eigenvalue weighted by Crippen LogP contribution is -2.31. The Morgan fingerprint density at radius 1 is 1.31 bits per heavy atom. The third kappa shape index (κ3) is 1.80. The Labute approximate surface area is 99.7 Å². The molecule has 0 fully saturated rings. The van der Waals surface area contributed by atoms with Crippen molar-refractivity contribution < 1.29 is 5.11 Å². The minimum atomic E-state index is -0.161. The molecule has 1 aromatic heterocycles. The summed E-state index contributed by atoms with van der Waals surface area (Å²) in [5.74, 6) is 0.304. The molecule has 1 aliphatic rings. The van der Waals surface area contributed by atoms with Crippen molar-refractivity contribution >= 4 is 23.5 Å². The van der Waals surface area contributed by atoms with Gasteiger partial charge in [0, 0.05) is 11.5 Å². The molecule has 0 aliphatic heterocycles. The van der Waals surface area contributed by atoms with Gasteiger partial charge in [0.2, 0.25) is 0 Å². The van der Waals surface area contributed by atoms with Crippen LogP contribution in [-0.2, 0) is 0 Å². The molecule has 1 unspecified atom stereocenters. The molecule has 0 amide bonds. The second kappa shape index (κ2) is 3.45. The van der Waals surface area contributed by atoms with Crippen LogP contribution in [0.4, 0.5) is 0 Å². The van der Waals surface area contributed by atoms with Gasteiger partial charge >= 0.3 is 0 Å². The van der Waals surface area contributed by atoms with Gasteiger partial charge in [0.25, 0.3) is 0 Å². The second-order valence-corrected chi connectivity index (χ2v) is 6.38. The van der Waals surface area contributed by atoms with Crippen LogP contribution in [0.25, 0.3) is 12.2 Å². The predicted octanol–water partition coefficient (Wildman–Crippen LogP) is 2.21. The van der Waals surface area contributed by atoms with Gasteiger partial charge in [-0.1, -0.05) is 33.8 Å². The summed E-state index contributed by atoms with van der Waals surface area (Å²) in [6, 6.07) is 0. The van der Waals surface area contributed by atoms with Crippen molar-refractivity contribution in [3.8, 4) is 0 Å². The Morgan fingerprint density at radius 2 is 2.00 bits per heavy atom. The summed E-state index contributed by atoms with van der Waals surface area (Å²) in [5.41, 5.74) is 1.71. The van der Waals surface area contributed by atoms with Gasteiger partial charge in [-0.05, 0) is 11.5 Å². The molecule has 1 atom stereocenters. The van der Waals surface area contributed by atoms with Crippen molar-refractivity contribution in [2.24, 2.45) is 10.8 Å². The SMILES string of the molecule is CC(C)(C)C1(C)C=C(O)C=c2ncsc2=C1. The normalized spacial score (nSPS) is 24.9. The fraction of sp³-hybridized carbons (Fsp3) is 0.462. The van der Waals surface area contributed by atoms with Gasteiger partial charge in [-0.15, -0.1) is 11.3 Å². The summed E-state index contributed by atoms with van der Waals surface area (Å²) in [6.45, 7) is 8.68. The smallest absolute Gasteiger partial charge is 0.114 e. The number of fused-ring (bicyclic) bond motifs is 1. The number of aliphatic hydroxyl groups excluding tert-OH is 1. The maximum atomic E-state index is 9.90. The zero-order valence-corrected chi connectivity index (χ0v) is 10.9. The predicted molar refractivity (Wildman–Crippen MR) is 68.6 cm³/mol. The maximum absolute atomic E-state index is 9.90. The molecule has 0 saturated carbocycles. The van der Waals surface area contributed by atoms with Gasteiger partial charge in [-0.25, -0.2) is 4.98 Å². The first-order valence-corrected chi connectivity index (χ1v) is 6.26. The van der Waals surface area contributed by atoms with E-state index in [-0.39, 0.29) is 10.8 Å². The van der Waals surface area contributed by atoms with Gasteiger partial charge in [0.15, 0.2) is 0 Å². The lowest BCUT2D eigenvalue weighted by atomic mass is 9.67. The Balaban J connectivity index is 2.74. The molecular weight excluding hydrogens is 218 g/mol. The topological polar surface area (TPSA) is 33.1 Å². The summed E-state index contributed by atoms with van der Waals surface area (Å²) in [7, 11) is 0. The minimum Gasteiger partial charge on any atom is -0.508 e. The highest BCUT2D eigenvalue weighted by atomic mass is 32.1. The first kappa shape index (κ1) is 11.4. The number of rotatable bonds is 0. The highest BCUT2D eigenvalue weighted by Gasteiger charge is 2.34. The van der Waals surface area contributed by atoms with E-state index < -0.39 is 0 Å². The maximum Gasteiger partial charge on any atom is 0.114 e. The molecule has 1 heterocycles. The fourth-order valence-electron chi connectivity index (χ4n) is 1.72. The molecule has 1 aliphatic carbocycles. The molecule has 16 heavy (non-hydrogen) atoms. The van der Waals surface area contributed by atoms with Gasteiger partial charge in [0.05, 0.1) is 15.4 Å². The third-order valence-electron chi connectivity index (χ3n) is 3.40. The van der Waals surface area contributed by atoms with Gasteiger partial charge in [-0.3, -0.25) is 0 Å². The lowest BCUT2D eigenvalue weighted by molar-refractivity contribution is 0.240. The van der Waals surface area contributed by atoms with E-state index >= 15 is 0 Å². The third-order valence-corrected chi connectivity index (χ3v) is 4.19. The molecule has 1 N–H and O–H groups in total. The second-order valence-electron chi connectivity index (χ2n) is 5.49. The van der Waals surface area contributed by atoms with Crippen LogP contribution >= 0.6 is 11.3 Å². The summed E-state index contributed by atoms with van der Waals surface area (Å²) >= 11 is 1.62.